The van der Waals surface area contributed by atoms with E-state index in [4.69, 9.17) is 4.84 Å². The molecular weight excluding hydrogens is 180 g/mol. The Hall–Kier alpha value is -1.84. The van der Waals surface area contributed by atoms with Gasteiger partial charge in [0.05, 0.1) is 12.1 Å². The zero-order chi connectivity index (χ0) is 9.97. The molecule has 0 fully saturated rings. The van der Waals surface area contributed by atoms with Gasteiger partial charge < -0.3 is 4.84 Å². The van der Waals surface area contributed by atoms with Crippen LogP contribution in [0.4, 0.5) is 0 Å². The van der Waals surface area contributed by atoms with Crippen LogP contribution >= 0.6 is 0 Å². The topological polar surface area (TPSA) is 42.4 Å². The van der Waals surface area contributed by atoms with Gasteiger partial charge in [0.25, 0.3) is 5.91 Å². The summed E-state index contributed by atoms with van der Waals surface area (Å²) in [6, 6.07) is 3.54. The summed E-state index contributed by atoms with van der Waals surface area (Å²) in [5, 5.41) is 1.28. The van der Waals surface area contributed by atoms with E-state index in [2.05, 4.69) is 4.98 Å². The molecule has 4 nitrogen and oxygen atoms in total. The SMILES string of the molecule is Cc1ccc(C(=O)N2CC=CO2)cn1. The van der Waals surface area contributed by atoms with Crippen molar-refractivity contribution in [2.75, 3.05) is 6.54 Å². The lowest BCUT2D eigenvalue weighted by Gasteiger charge is -2.13. The van der Waals surface area contributed by atoms with Gasteiger partial charge in [0.15, 0.2) is 0 Å². The minimum atomic E-state index is -0.164. The number of rotatable bonds is 1. The molecule has 0 saturated heterocycles. The lowest BCUT2D eigenvalue weighted by Crippen LogP contribution is -2.26. The van der Waals surface area contributed by atoms with Gasteiger partial charge in [-0.3, -0.25) is 9.78 Å². The first-order chi connectivity index (χ1) is 6.77. The summed E-state index contributed by atoms with van der Waals surface area (Å²) in [6.45, 7) is 2.37. The Morgan fingerprint density at radius 3 is 3.00 bits per heavy atom. The highest BCUT2D eigenvalue weighted by Crippen LogP contribution is 2.08. The van der Waals surface area contributed by atoms with Gasteiger partial charge in [0.2, 0.25) is 0 Å². The van der Waals surface area contributed by atoms with Crippen LogP contribution in [-0.2, 0) is 4.84 Å². The van der Waals surface area contributed by atoms with Gasteiger partial charge in [-0.1, -0.05) is 0 Å². The van der Waals surface area contributed by atoms with Crippen molar-refractivity contribution in [3.8, 4) is 0 Å². The number of pyridine rings is 1. The van der Waals surface area contributed by atoms with Crippen LogP contribution in [0, 0.1) is 6.92 Å². The molecule has 0 bridgehead atoms. The maximum absolute atomic E-state index is 11.7. The average molecular weight is 190 g/mol. The van der Waals surface area contributed by atoms with Gasteiger partial charge in [0, 0.05) is 11.9 Å². The summed E-state index contributed by atoms with van der Waals surface area (Å²) in [5.74, 6) is -0.164. The average Bonchev–Trinajstić information content (AvgIpc) is 2.71. The summed E-state index contributed by atoms with van der Waals surface area (Å²) < 4.78 is 0. The molecule has 2 heterocycles. The molecule has 0 atom stereocenters. The molecule has 1 amide bonds. The van der Waals surface area contributed by atoms with Crippen LogP contribution in [0.25, 0.3) is 0 Å². The molecule has 0 saturated carbocycles. The minimum Gasteiger partial charge on any atom is -0.384 e. The maximum Gasteiger partial charge on any atom is 0.288 e. The van der Waals surface area contributed by atoms with Crippen molar-refractivity contribution in [2.24, 2.45) is 0 Å². The largest absolute Gasteiger partial charge is 0.384 e. The summed E-state index contributed by atoms with van der Waals surface area (Å²) in [6.07, 6.45) is 4.83. The van der Waals surface area contributed by atoms with Crippen molar-refractivity contribution in [2.45, 2.75) is 6.92 Å². The zero-order valence-electron chi connectivity index (χ0n) is 7.80. The number of amides is 1. The fourth-order valence-electron chi connectivity index (χ4n) is 1.17. The molecule has 1 aromatic heterocycles. The fraction of sp³-hybridized carbons (Fsp3) is 0.200. The van der Waals surface area contributed by atoms with Crippen molar-refractivity contribution < 1.29 is 9.63 Å². The highest BCUT2D eigenvalue weighted by atomic mass is 16.7. The monoisotopic (exact) mass is 190 g/mol. The van der Waals surface area contributed by atoms with Gasteiger partial charge in [-0.25, -0.2) is 0 Å². The molecule has 0 aromatic carbocycles. The van der Waals surface area contributed by atoms with E-state index in [1.54, 1.807) is 24.4 Å². The molecule has 2 rings (SSSR count). The molecule has 14 heavy (non-hydrogen) atoms. The van der Waals surface area contributed by atoms with Crippen molar-refractivity contribution in [1.29, 1.82) is 0 Å². The number of hydroxylamine groups is 2. The summed E-state index contributed by atoms with van der Waals surface area (Å²) in [4.78, 5) is 20.7. The Bertz CT molecular complexity index is 362. The lowest BCUT2D eigenvalue weighted by molar-refractivity contribution is -0.0463. The minimum absolute atomic E-state index is 0.164. The molecule has 1 aliphatic rings. The van der Waals surface area contributed by atoms with Crippen LogP contribution in [0.1, 0.15) is 16.1 Å². The highest BCUT2D eigenvalue weighted by molar-refractivity contribution is 5.93. The summed E-state index contributed by atoms with van der Waals surface area (Å²) in [7, 11) is 0. The first-order valence-electron chi connectivity index (χ1n) is 4.33. The van der Waals surface area contributed by atoms with Crippen molar-refractivity contribution >= 4 is 5.91 Å². The molecule has 0 aliphatic carbocycles. The summed E-state index contributed by atoms with van der Waals surface area (Å²) in [5.41, 5.74) is 1.43. The third kappa shape index (κ3) is 1.59. The molecular formula is C10H10N2O2. The van der Waals surface area contributed by atoms with E-state index < -0.39 is 0 Å². The summed E-state index contributed by atoms with van der Waals surface area (Å²) >= 11 is 0. The Morgan fingerprint density at radius 2 is 2.43 bits per heavy atom. The van der Waals surface area contributed by atoms with E-state index >= 15 is 0 Å². The maximum atomic E-state index is 11.7. The second kappa shape index (κ2) is 3.49. The van der Waals surface area contributed by atoms with Gasteiger partial charge in [-0.15, -0.1) is 0 Å². The highest BCUT2D eigenvalue weighted by Gasteiger charge is 2.18. The number of hydrogen-bond donors (Lipinski definition) is 0. The third-order valence-electron chi connectivity index (χ3n) is 1.94. The lowest BCUT2D eigenvalue weighted by atomic mass is 10.2. The molecule has 4 heteroatoms. The number of carbonyl (C=O) groups excluding carboxylic acids is 1. The Balaban J connectivity index is 2.14. The predicted molar refractivity (Wildman–Crippen MR) is 50.2 cm³/mol. The van der Waals surface area contributed by atoms with E-state index in [0.29, 0.717) is 12.1 Å². The number of hydrogen-bond acceptors (Lipinski definition) is 3. The first-order valence-corrected chi connectivity index (χ1v) is 4.33. The smallest absolute Gasteiger partial charge is 0.288 e. The van der Waals surface area contributed by atoms with E-state index in [-0.39, 0.29) is 5.91 Å². The van der Waals surface area contributed by atoms with E-state index in [1.165, 1.54) is 11.3 Å². The van der Waals surface area contributed by atoms with Crippen LogP contribution in [0.2, 0.25) is 0 Å². The van der Waals surface area contributed by atoms with Gasteiger partial charge in [0.1, 0.15) is 6.26 Å². The molecule has 1 aromatic rings. The second-order valence-corrected chi connectivity index (χ2v) is 3.03. The van der Waals surface area contributed by atoms with Crippen LogP contribution in [0.5, 0.6) is 0 Å². The third-order valence-corrected chi connectivity index (χ3v) is 1.94. The van der Waals surface area contributed by atoms with Crippen LogP contribution < -0.4 is 0 Å². The second-order valence-electron chi connectivity index (χ2n) is 3.03. The van der Waals surface area contributed by atoms with Gasteiger partial charge in [-0.05, 0) is 25.1 Å². The standard InChI is InChI=1S/C10H10N2O2/c1-8-3-4-9(7-11-8)10(13)12-5-2-6-14-12/h2-4,6-7H,5H2,1H3. The van der Waals surface area contributed by atoms with E-state index in [9.17, 15) is 4.79 Å². The van der Waals surface area contributed by atoms with E-state index in [1.807, 2.05) is 6.92 Å². The Labute approximate surface area is 81.8 Å². The van der Waals surface area contributed by atoms with Crippen molar-refractivity contribution in [3.63, 3.8) is 0 Å². The number of nitrogens with zero attached hydrogens (tertiary/aromatic N) is 2. The Kier molecular flexibility index (Phi) is 2.18. The number of aryl methyl sites for hydroxylation is 1. The quantitative estimate of drug-likeness (QED) is 0.670. The molecule has 1 aliphatic heterocycles. The number of carbonyl (C=O) groups is 1. The van der Waals surface area contributed by atoms with Crippen molar-refractivity contribution in [3.05, 3.63) is 41.9 Å². The van der Waals surface area contributed by atoms with Crippen LogP contribution in [-0.4, -0.2) is 22.5 Å². The molecule has 0 N–H and O–H groups in total. The van der Waals surface area contributed by atoms with Gasteiger partial charge in [-0.2, -0.15) is 5.06 Å². The normalized spacial score (nSPS) is 14.2. The molecule has 0 unspecified atom stereocenters. The number of aromatic nitrogens is 1. The molecule has 0 radical (unpaired) electrons. The van der Waals surface area contributed by atoms with E-state index in [0.717, 1.165) is 5.69 Å². The first kappa shape index (κ1) is 8.74. The Morgan fingerprint density at radius 1 is 1.57 bits per heavy atom. The predicted octanol–water partition coefficient (Wildman–Crippen LogP) is 1.29. The fourth-order valence-corrected chi connectivity index (χ4v) is 1.17. The van der Waals surface area contributed by atoms with Crippen LogP contribution in [0.3, 0.4) is 0 Å². The van der Waals surface area contributed by atoms with Crippen molar-refractivity contribution in [1.82, 2.24) is 10.0 Å². The molecule has 0 spiro atoms. The molecule has 72 valence electrons. The van der Waals surface area contributed by atoms with Crippen LogP contribution in [0.15, 0.2) is 30.7 Å². The van der Waals surface area contributed by atoms with Gasteiger partial charge >= 0.3 is 0 Å². The zero-order valence-corrected chi connectivity index (χ0v) is 7.80.